The molecule has 0 spiro atoms. The van der Waals surface area contributed by atoms with Gasteiger partial charge in [-0.05, 0) is 23.8 Å². The minimum absolute atomic E-state index is 0.0846. The summed E-state index contributed by atoms with van der Waals surface area (Å²) in [4.78, 5) is 3.98. The number of pyridine rings is 1. The van der Waals surface area contributed by atoms with Crippen molar-refractivity contribution in [2.45, 2.75) is 6.61 Å². The average Bonchev–Trinajstić information content (AvgIpc) is 2.40. The molecule has 0 bridgehead atoms. The molecule has 1 aromatic heterocycles. The predicted molar refractivity (Wildman–Crippen MR) is 72.5 cm³/mol. The third-order valence-electron chi connectivity index (χ3n) is 2.45. The summed E-state index contributed by atoms with van der Waals surface area (Å²) in [5, 5.41) is 7.34. The highest BCUT2D eigenvalue weighted by Crippen LogP contribution is 2.22. The SMILES string of the molecule is COCc1cccc(Oc2ccnc(C(=N)N)c2)c1. The molecule has 2 rings (SSSR count). The van der Waals surface area contributed by atoms with E-state index in [1.54, 1.807) is 25.4 Å². The minimum atomic E-state index is -0.0846. The van der Waals surface area contributed by atoms with Gasteiger partial charge >= 0.3 is 0 Å². The molecule has 0 saturated heterocycles. The summed E-state index contributed by atoms with van der Waals surface area (Å²) in [5.41, 5.74) is 6.81. The zero-order valence-electron chi connectivity index (χ0n) is 10.6. The van der Waals surface area contributed by atoms with Gasteiger partial charge in [0, 0.05) is 19.4 Å². The lowest BCUT2D eigenvalue weighted by Gasteiger charge is -2.08. The van der Waals surface area contributed by atoms with E-state index in [0.717, 1.165) is 5.56 Å². The Morgan fingerprint density at radius 2 is 2.05 bits per heavy atom. The Bertz CT molecular complexity index is 584. The Morgan fingerprint density at radius 3 is 2.79 bits per heavy atom. The van der Waals surface area contributed by atoms with Gasteiger partial charge in [0.25, 0.3) is 0 Å². The van der Waals surface area contributed by atoms with E-state index in [9.17, 15) is 0 Å². The summed E-state index contributed by atoms with van der Waals surface area (Å²) >= 11 is 0. The smallest absolute Gasteiger partial charge is 0.141 e. The lowest BCUT2D eigenvalue weighted by atomic mass is 10.2. The van der Waals surface area contributed by atoms with Crippen LogP contribution in [-0.2, 0) is 11.3 Å². The first-order valence-corrected chi connectivity index (χ1v) is 5.75. The maximum Gasteiger partial charge on any atom is 0.141 e. The maximum atomic E-state index is 7.34. The van der Waals surface area contributed by atoms with Crippen molar-refractivity contribution in [2.75, 3.05) is 7.11 Å². The molecule has 2 aromatic rings. The Morgan fingerprint density at radius 1 is 1.26 bits per heavy atom. The fourth-order valence-corrected chi connectivity index (χ4v) is 1.62. The van der Waals surface area contributed by atoms with E-state index in [4.69, 9.17) is 20.6 Å². The number of methoxy groups -OCH3 is 1. The number of hydrogen-bond donors (Lipinski definition) is 2. The number of nitrogen functional groups attached to an aromatic ring is 1. The molecule has 0 amide bonds. The molecule has 0 aliphatic carbocycles. The topological polar surface area (TPSA) is 81.2 Å². The Hall–Kier alpha value is -2.40. The molecule has 1 heterocycles. The first-order chi connectivity index (χ1) is 9.19. The number of nitrogens with one attached hydrogen (secondary N) is 1. The van der Waals surface area contributed by atoms with Gasteiger partial charge in [0.15, 0.2) is 0 Å². The standard InChI is InChI=1S/C14H15N3O2/c1-18-9-10-3-2-4-11(7-10)19-12-5-6-17-13(8-12)14(15)16/h2-8H,9H2,1H3,(H3,15,16). The van der Waals surface area contributed by atoms with Crippen molar-refractivity contribution in [2.24, 2.45) is 5.73 Å². The molecule has 98 valence electrons. The monoisotopic (exact) mass is 257 g/mol. The molecule has 19 heavy (non-hydrogen) atoms. The molecule has 0 atom stereocenters. The number of ether oxygens (including phenoxy) is 2. The zero-order chi connectivity index (χ0) is 13.7. The molecule has 0 unspecified atom stereocenters. The average molecular weight is 257 g/mol. The van der Waals surface area contributed by atoms with E-state index in [0.29, 0.717) is 23.8 Å². The molecule has 0 aliphatic heterocycles. The zero-order valence-corrected chi connectivity index (χ0v) is 10.6. The second-order valence-electron chi connectivity index (χ2n) is 3.97. The summed E-state index contributed by atoms with van der Waals surface area (Å²) in [6, 6.07) is 11.0. The third-order valence-corrected chi connectivity index (χ3v) is 2.45. The fourth-order valence-electron chi connectivity index (χ4n) is 1.62. The van der Waals surface area contributed by atoms with Crippen molar-refractivity contribution in [3.05, 3.63) is 53.9 Å². The molecule has 3 N–H and O–H groups in total. The maximum absolute atomic E-state index is 7.34. The number of nitrogens with two attached hydrogens (primary N) is 1. The molecule has 5 heteroatoms. The van der Waals surface area contributed by atoms with E-state index in [1.165, 1.54) is 0 Å². The largest absolute Gasteiger partial charge is 0.457 e. The predicted octanol–water partition coefficient (Wildman–Crippen LogP) is 2.30. The number of aromatic nitrogens is 1. The fraction of sp³-hybridized carbons (Fsp3) is 0.143. The highest BCUT2D eigenvalue weighted by Gasteiger charge is 2.03. The first kappa shape index (κ1) is 13.0. The van der Waals surface area contributed by atoms with Gasteiger partial charge in [-0.15, -0.1) is 0 Å². The summed E-state index contributed by atoms with van der Waals surface area (Å²) < 4.78 is 10.8. The molecule has 0 aliphatic rings. The van der Waals surface area contributed by atoms with Crippen LogP contribution in [0.5, 0.6) is 11.5 Å². The molecular weight excluding hydrogens is 242 g/mol. The van der Waals surface area contributed by atoms with Crippen molar-refractivity contribution < 1.29 is 9.47 Å². The molecule has 0 fully saturated rings. The second kappa shape index (κ2) is 5.97. The Labute approximate surface area is 111 Å². The van der Waals surface area contributed by atoms with Gasteiger partial charge < -0.3 is 15.2 Å². The lowest BCUT2D eigenvalue weighted by Crippen LogP contribution is -2.12. The van der Waals surface area contributed by atoms with E-state index in [2.05, 4.69) is 4.98 Å². The number of nitrogens with zero attached hydrogens (tertiary/aromatic N) is 1. The van der Waals surface area contributed by atoms with Gasteiger partial charge in [0.1, 0.15) is 23.0 Å². The van der Waals surface area contributed by atoms with E-state index < -0.39 is 0 Å². The Balaban J connectivity index is 2.18. The van der Waals surface area contributed by atoms with E-state index in [1.807, 2.05) is 24.3 Å². The van der Waals surface area contributed by atoms with Crippen molar-refractivity contribution in [1.82, 2.24) is 4.98 Å². The number of amidine groups is 1. The summed E-state index contributed by atoms with van der Waals surface area (Å²) in [5.74, 6) is 1.21. The molecule has 0 saturated carbocycles. The van der Waals surface area contributed by atoms with Crippen molar-refractivity contribution in [3.63, 3.8) is 0 Å². The van der Waals surface area contributed by atoms with Crippen LogP contribution in [0.15, 0.2) is 42.6 Å². The molecular formula is C14H15N3O2. The number of rotatable bonds is 5. The first-order valence-electron chi connectivity index (χ1n) is 5.75. The van der Waals surface area contributed by atoms with Crippen molar-refractivity contribution in [1.29, 1.82) is 5.41 Å². The van der Waals surface area contributed by atoms with Crippen LogP contribution in [0.1, 0.15) is 11.3 Å². The van der Waals surface area contributed by atoms with Crippen LogP contribution < -0.4 is 10.5 Å². The summed E-state index contributed by atoms with van der Waals surface area (Å²) in [6.45, 7) is 0.534. The highest BCUT2D eigenvalue weighted by atomic mass is 16.5. The van der Waals surface area contributed by atoms with Crippen LogP contribution >= 0.6 is 0 Å². The van der Waals surface area contributed by atoms with Gasteiger partial charge in [-0.2, -0.15) is 0 Å². The summed E-state index contributed by atoms with van der Waals surface area (Å²) in [6.07, 6.45) is 1.56. The van der Waals surface area contributed by atoms with Crippen LogP contribution in [0.2, 0.25) is 0 Å². The lowest BCUT2D eigenvalue weighted by molar-refractivity contribution is 0.184. The van der Waals surface area contributed by atoms with Gasteiger partial charge in [-0.3, -0.25) is 10.4 Å². The van der Waals surface area contributed by atoms with Gasteiger partial charge in [-0.1, -0.05) is 12.1 Å². The highest BCUT2D eigenvalue weighted by molar-refractivity contribution is 5.93. The number of benzene rings is 1. The van der Waals surface area contributed by atoms with Crippen molar-refractivity contribution in [3.8, 4) is 11.5 Å². The molecule has 0 radical (unpaired) electrons. The third kappa shape index (κ3) is 3.53. The Kier molecular flexibility index (Phi) is 4.10. The van der Waals surface area contributed by atoms with E-state index in [-0.39, 0.29) is 5.84 Å². The molecule has 1 aromatic carbocycles. The van der Waals surface area contributed by atoms with Gasteiger partial charge in [0.05, 0.1) is 6.61 Å². The number of hydrogen-bond acceptors (Lipinski definition) is 4. The van der Waals surface area contributed by atoms with Crippen LogP contribution in [-0.4, -0.2) is 17.9 Å². The van der Waals surface area contributed by atoms with Crippen LogP contribution in [0.25, 0.3) is 0 Å². The van der Waals surface area contributed by atoms with Gasteiger partial charge in [0.2, 0.25) is 0 Å². The van der Waals surface area contributed by atoms with Gasteiger partial charge in [-0.25, -0.2) is 0 Å². The van der Waals surface area contributed by atoms with Crippen molar-refractivity contribution >= 4 is 5.84 Å². The second-order valence-corrected chi connectivity index (χ2v) is 3.97. The van der Waals surface area contributed by atoms with Crippen LogP contribution in [0.4, 0.5) is 0 Å². The molecule has 5 nitrogen and oxygen atoms in total. The minimum Gasteiger partial charge on any atom is -0.457 e. The van der Waals surface area contributed by atoms with E-state index >= 15 is 0 Å². The summed E-state index contributed by atoms with van der Waals surface area (Å²) in [7, 11) is 1.65. The quantitative estimate of drug-likeness (QED) is 0.636. The van der Waals surface area contributed by atoms with Crippen LogP contribution in [0, 0.1) is 5.41 Å². The normalized spacial score (nSPS) is 10.2. The van der Waals surface area contributed by atoms with Crippen LogP contribution in [0.3, 0.4) is 0 Å².